The molecule has 1 aromatic heterocycles. The Labute approximate surface area is 140 Å². The van der Waals surface area contributed by atoms with Crippen LogP contribution in [0, 0.1) is 0 Å². The molecule has 0 aliphatic carbocycles. The molecular weight excluding hydrogens is 338 g/mol. The zero-order valence-electron chi connectivity index (χ0n) is 12.8. The van der Waals surface area contributed by atoms with Gasteiger partial charge in [-0.1, -0.05) is 5.16 Å². The van der Waals surface area contributed by atoms with Crippen LogP contribution in [0.1, 0.15) is 19.6 Å². The molecular formula is C14H15N3O6S. The summed E-state index contributed by atoms with van der Waals surface area (Å²) < 4.78 is 4.33. The van der Waals surface area contributed by atoms with Gasteiger partial charge in [0.25, 0.3) is 5.91 Å². The first-order chi connectivity index (χ1) is 11.3. The van der Waals surface area contributed by atoms with E-state index in [0.717, 1.165) is 0 Å². The molecule has 3 rings (SSSR count). The summed E-state index contributed by atoms with van der Waals surface area (Å²) in [5, 5.41) is 23.3. The van der Waals surface area contributed by atoms with Crippen LogP contribution < -0.4 is 5.32 Å². The van der Waals surface area contributed by atoms with Crippen LogP contribution in [0.2, 0.25) is 0 Å². The number of carbonyl (C=O) groups excluding carboxylic acids is 2. The fraction of sp³-hybridized carbons (Fsp3) is 0.429. The lowest BCUT2D eigenvalue weighted by molar-refractivity contribution is -0.160. The van der Waals surface area contributed by atoms with Crippen molar-refractivity contribution in [3.05, 3.63) is 24.2 Å². The van der Waals surface area contributed by atoms with Gasteiger partial charge in [-0.15, -0.1) is 11.8 Å². The molecule has 24 heavy (non-hydrogen) atoms. The molecule has 2 aliphatic heterocycles. The number of amides is 2. The van der Waals surface area contributed by atoms with E-state index in [-0.39, 0.29) is 11.5 Å². The fourth-order valence-electron chi connectivity index (χ4n) is 2.97. The highest BCUT2D eigenvalue weighted by Crippen LogP contribution is 2.50. The van der Waals surface area contributed by atoms with Crippen LogP contribution in [-0.2, 0) is 14.4 Å². The number of furan rings is 1. The lowest BCUT2D eigenvalue weighted by Crippen LogP contribution is -2.71. The van der Waals surface area contributed by atoms with Gasteiger partial charge in [0, 0.05) is 4.75 Å². The van der Waals surface area contributed by atoms with Gasteiger partial charge >= 0.3 is 5.97 Å². The van der Waals surface area contributed by atoms with Gasteiger partial charge in [0.05, 0.1) is 6.26 Å². The summed E-state index contributed by atoms with van der Waals surface area (Å²) in [6.45, 7) is 3.48. The van der Waals surface area contributed by atoms with Crippen LogP contribution in [0.4, 0.5) is 0 Å². The smallest absolute Gasteiger partial charge is 0.327 e. The SMILES string of the molecule is CC1(C)SC2C(NC(=O)C(=NO)c3ccco3)C(=O)N2C1C(=O)O. The summed E-state index contributed by atoms with van der Waals surface area (Å²) in [6, 6.07) is 1.14. The third-order valence-electron chi connectivity index (χ3n) is 4.03. The Bertz CT molecular complexity index is 729. The molecule has 0 saturated carbocycles. The van der Waals surface area contributed by atoms with Gasteiger partial charge in [-0.3, -0.25) is 9.59 Å². The number of aliphatic carboxylic acids is 1. The van der Waals surface area contributed by atoms with Gasteiger partial charge in [-0.2, -0.15) is 0 Å². The van der Waals surface area contributed by atoms with Gasteiger partial charge in [-0.05, 0) is 26.0 Å². The average Bonchev–Trinajstić information content (AvgIpc) is 3.10. The van der Waals surface area contributed by atoms with Crippen molar-refractivity contribution in [3.63, 3.8) is 0 Å². The van der Waals surface area contributed by atoms with Gasteiger partial charge in [0.15, 0.2) is 5.76 Å². The van der Waals surface area contributed by atoms with Crippen LogP contribution >= 0.6 is 11.8 Å². The molecule has 9 nitrogen and oxygen atoms in total. The molecule has 2 saturated heterocycles. The number of nitrogens with one attached hydrogen (secondary N) is 1. The van der Waals surface area contributed by atoms with Crippen LogP contribution in [-0.4, -0.2) is 60.9 Å². The molecule has 2 amide bonds. The van der Waals surface area contributed by atoms with E-state index in [0.29, 0.717) is 0 Å². The number of carboxylic acids is 1. The quantitative estimate of drug-likeness (QED) is 0.302. The molecule has 2 aliphatic rings. The Morgan fingerprint density at radius 1 is 1.46 bits per heavy atom. The number of thioether (sulfide) groups is 1. The maximum Gasteiger partial charge on any atom is 0.327 e. The number of carbonyl (C=O) groups is 3. The zero-order chi connectivity index (χ0) is 17.6. The molecule has 0 bridgehead atoms. The number of hydrogen-bond acceptors (Lipinski definition) is 7. The van der Waals surface area contributed by atoms with E-state index >= 15 is 0 Å². The van der Waals surface area contributed by atoms with E-state index in [1.54, 1.807) is 13.8 Å². The molecule has 0 spiro atoms. The van der Waals surface area contributed by atoms with E-state index in [1.165, 1.54) is 35.1 Å². The second-order valence-electron chi connectivity index (χ2n) is 5.98. The third kappa shape index (κ3) is 2.33. The first-order valence-electron chi connectivity index (χ1n) is 7.07. The van der Waals surface area contributed by atoms with Crippen molar-refractivity contribution >= 4 is 35.3 Å². The van der Waals surface area contributed by atoms with Crippen LogP contribution in [0.25, 0.3) is 0 Å². The number of hydrogen-bond donors (Lipinski definition) is 3. The van der Waals surface area contributed by atoms with Crippen molar-refractivity contribution in [3.8, 4) is 0 Å². The second-order valence-corrected chi connectivity index (χ2v) is 7.75. The van der Waals surface area contributed by atoms with Crippen molar-refractivity contribution < 1.29 is 29.1 Å². The molecule has 3 N–H and O–H groups in total. The van der Waals surface area contributed by atoms with E-state index in [4.69, 9.17) is 9.62 Å². The van der Waals surface area contributed by atoms with Crippen molar-refractivity contribution in [2.24, 2.45) is 5.16 Å². The van der Waals surface area contributed by atoms with Crippen molar-refractivity contribution in [1.82, 2.24) is 10.2 Å². The highest BCUT2D eigenvalue weighted by atomic mass is 32.2. The minimum absolute atomic E-state index is 0.0569. The summed E-state index contributed by atoms with van der Waals surface area (Å²) >= 11 is 1.31. The van der Waals surface area contributed by atoms with Crippen LogP contribution in [0.3, 0.4) is 0 Å². The predicted molar refractivity (Wildman–Crippen MR) is 82.7 cm³/mol. The van der Waals surface area contributed by atoms with Gasteiger partial charge in [-0.25, -0.2) is 4.79 Å². The topological polar surface area (TPSA) is 132 Å². The number of nitrogens with zero attached hydrogens (tertiary/aromatic N) is 2. The molecule has 0 radical (unpaired) electrons. The van der Waals surface area contributed by atoms with Gasteiger partial charge in [0.2, 0.25) is 11.6 Å². The summed E-state index contributed by atoms with van der Waals surface area (Å²) in [7, 11) is 0. The molecule has 3 atom stereocenters. The lowest BCUT2D eigenvalue weighted by Gasteiger charge is -2.43. The highest BCUT2D eigenvalue weighted by molar-refractivity contribution is 8.01. The number of carboxylic acid groups (broad SMARTS) is 1. The number of β-lactam (4-membered cyclic amide) rings is 1. The summed E-state index contributed by atoms with van der Waals surface area (Å²) in [5.41, 5.74) is -0.358. The Morgan fingerprint density at radius 2 is 2.17 bits per heavy atom. The highest BCUT2D eigenvalue weighted by Gasteiger charge is 2.64. The molecule has 10 heteroatoms. The van der Waals surface area contributed by atoms with Crippen molar-refractivity contribution in [2.75, 3.05) is 0 Å². The average molecular weight is 353 g/mol. The Kier molecular flexibility index (Phi) is 3.78. The van der Waals surface area contributed by atoms with E-state index < -0.39 is 40.0 Å². The Morgan fingerprint density at radius 3 is 2.71 bits per heavy atom. The molecule has 2 fully saturated rings. The van der Waals surface area contributed by atoms with E-state index in [9.17, 15) is 19.5 Å². The standard InChI is InChI=1S/C14H15N3O6S/c1-14(2)9(13(20)21)17-11(19)8(12(17)24-14)15-10(18)7(16-22)6-4-3-5-23-6/h3-5,8-9,12,22H,1-2H3,(H,15,18)(H,20,21). The molecule has 0 aromatic carbocycles. The second kappa shape index (κ2) is 5.55. The van der Waals surface area contributed by atoms with Crippen molar-refractivity contribution in [1.29, 1.82) is 0 Å². The predicted octanol–water partition coefficient (Wildman–Crippen LogP) is 0.0896. The van der Waals surface area contributed by atoms with E-state index in [2.05, 4.69) is 10.5 Å². The normalized spacial score (nSPS) is 28.2. The monoisotopic (exact) mass is 353 g/mol. The Balaban J connectivity index is 1.76. The summed E-state index contributed by atoms with van der Waals surface area (Å²) in [5.74, 6) is -2.28. The van der Waals surface area contributed by atoms with Gasteiger partial charge in [0.1, 0.15) is 17.5 Å². The summed E-state index contributed by atoms with van der Waals surface area (Å²) in [4.78, 5) is 37.2. The fourth-order valence-corrected chi connectivity index (χ4v) is 4.60. The number of rotatable bonds is 4. The lowest BCUT2D eigenvalue weighted by atomic mass is 9.96. The number of fused-ring (bicyclic) bond motifs is 1. The van der Waals surface area contributed by atoms with Crippen molar-refractivity contribution in [2.45, 2.75) is 36.1 Å². The third-order valence-corrected chi connectivity index (χ3v) is 5.60. The van der Waals surface area contributed by atoms with Crippen LogP contribution in [0.15, 0.2) is 28.0 Å². The first kappa shape index (κ1) is 16.4. The number of oxime groups is 1. The molecule has 128 valence electrons. The molecule has 1 aromatic rings. The maximum absolute atomic E-state index is 12.3. The molecule has 3 unspecified atom stereocenters. The minimum atomic E-state index is -1.08. The Hall–Kier alpha value is -2.49. The first-order valence-corrected chi connectivity index (χ1v) is 7.95. The summed E-state index contributed by atoms with van der Waals surface area (Å²) in [6.07, 6.45) is 1.32. The van der Waals surface area contributed by atoms with E-state index in [1.807, 2.05) is 0 Å². The van der Waals surface area contributed by atoms with Gasteiger partial charge < -0.3 is 24.9 Å². The van der Waals surface area contributed by atoms with Crippen LogP contribution in [0.5, 0.6) is 0 Å². The maximum atomic E-state index is 12.3. The minimum Gasteiger partial charge on any atom is -0.480 e. The molecule has 3 heterocycles. The largest absolute Gasteiger partial charge is 0.480 e. The zero-order valence-corrected chi connectivity index (χ0v) is 13.6.